The maximum Gasteiger partial charge on any atom is 0.314 e. The molecule has 3 saturated carbocycles. The van der Waals surface area contributed by atoms with Crippen LogP contribution >= 0.6 is 0 Å². The van der Waals surface area contributed by atoms with E-state index in [0.29, 0.717) is 25.7 Å². The molecule has 0 unspecified atom stereocenters. The van der Waals surface area contributed by atoms with Crippen molar-refractivity contribution < 1.29 is 108 Å². The van der Waals surface area contributed by atoms with Crippen LogP contribution in [0.5, 0.6) is 0 Å². The largest absolute Gasteiger partial charge is 0.462 e. The number of hydrogen-bond acceptors (Lipinski definition) is 22. The molecule has 0 amide bonds. The van der Waals surface area contributed by atoms with E-state index in [1.807, 2.05) is 39.0 Å². The molecule has 9 aliphatic rings. The smallest absolute Gasteiger partial charge is 0.314 e. The van der Waals surface area contributed by atoms with E-state index < -0.39 is 176 Å². The lowest BCUT2D eigenvalue weighted by Gasteiger charge is -2.63. The van der Waals surface area contributed by atoms with Gasteiger partial charge in [0.25, 0.3) is 0 Å². The summed E-state index contributed by atoms with van der Waals surface area (Å²) >= 11 is 0. The van der Waals surface area contributed by atoms with Crippen molar-refractivity contribution in [1.82, 2.24) is 0 Å². The number of hydrogen-bond donors (Lipinski definition) is 9. The number of rotatable bonds is 14. The van der Waals surface area contributed by atoms with Crippen LogP contribution in [0.25, 0.3) is 0 Å². The number of methoxy groups -OCH3 is 1. The molecule has 9 rings (SSSR count). The van der Waals surface area contributed by atoms with E-state index in [0.717, 1.165) is 18.4 Å². The maximum absolute atomic E-state index is 14.6. The van der Waals surface area contributed by atoms with Crippen molar-refractivity contribution >= 4 is 11.9 Å². The second-order valence-electron chi connectivity index (χ2n) is 25.1. The first-order chi connectivity index (χ1) is 36.7. The fraction of sp³-hybridized carbons (Fsp3) is 0.857. The molecule has 0 bridgehead atoms. The number of carbonyl (C=O) groups excluding carboxylic acids is 2. The average Bonchev–Trinajstić information content (AvgIpc) is 3.62. The molecule has 0 aromatic rings. The minimum absolute atomic E-state index is 0.0680. The third-order valence-electron chi connectivity index (χ3n) is 19.9. The van der Waals surface area contributed by atoms with Gasteiger partial charge in [-0.15, -0.1) is 0 Å². The van der Waals surface area contributed by atoms with Crippen LogP contribution in [0, 0.1) is 45.3 Å². The van der Waals surface area contributed by atoms with E-state index in [-0.39, 0.29) is 29.8 Å². The molecular weight excluding hydrogens is 1020 g/mol. The summed E-state index contributed by atoms with van der Waals surface area (Å²) in [6, 6.07) is 0. The molecule has 8 fully saturated rings. The minimum atomic E-state index is -1.82. The predicted octanol–water partition coefficient (Wildman–Crippen LogP) is 0.816. The van der Waals surface area contributed by atoms with Gasteiger partial charge in [-0.25, -0.2) is 0 Å². The van der Waals surface area contributed by atoms with Gasteiger partial charge < -0.3 is 98.1 Å². The van der Waals surface area contributed by atoms with E-state index in [1.54, 1.807) is 0 Å². The average molecular weight is 1110 g/mol. The SMILES string of the molecule is CO[C@@H]1[C@@H](O)[C@H](O[C@@H]2[C@@H](O)[C@H](O[C@H]3[C@H](O)[C@@H](O)[C@H](O[C@H]4[C@H](O[C@H]5CC[C@]6(C)[C@@H]7CC[C@]89C(=O)O[C@@](C)(/C=C/C=C(C)C)[C@H]8[C@@H](OC(C)=O)C[C@@]9(C)C7=CC[C@H]6C5(C)C)OC[C@@H](CO)[C@@H]4O)O[C@@H]3C)OC[C@H]2O)O[C@H](CO)[C@H]1O. The first kappa shape index (κ1) is 60.0. The van der Waals surface area contributed by atoms with Gasteiger partial charge in [0, 0.05) is 25.4 Å². The number of ether oxygens (including phenoxy) is 11. The number of cyclic esters (lactones) is 1. The van der Waals surface area contributed by atoms with Gasteiger partial charge in [0.15, 0.2) is 25.2 Å². The second kappa shape index (κ2) is 22.5. The Morgan fingerprint density at radius 3 is 2.08 bits per heavy atom. The quantitative estimate of drug-likeness (QED) is 0.0661. The Kier molecular flexibility index (Phi) is 17.4. The minimum Gasteiger partial charge on any atom is -0.462 e. The number of aliphatic hydroxyl groups excluding tert-OH is 9. The van der Waals surface area contributed by atoms with Crippen molar-refractivity contribution in [3.63, 3.8) is 0 Å². The van der Waals surface area contributed by atoms with E-state index >= 15 is 0 Å². The molecule has 22 nitrogen and oxygen atoms in total. The summed E-state index contributed by atoms with van der Waals surface area (Å²) in [6.07, 6.45) is -14.0. The molecule has 0 radical (unpaired) electrons. The van der Waals surface area contributed by atoms with Crippen molar-refractivity contribution in [3.05, 3.63) is 35.5 Å². The maximum atomic E-state index is 14.6. The molecule has 4 aliphatic carbocycles. The van der Waals surface area contributed by atoms with Crippen LogP contribution in [-0.2, 0) is 61.7 Å². The molecule has 442 valence electrons. The number of aliphatic hydroxyl groups is 9. The van der Waals surface area contributed by atoms with Crippen LogP contribution in [-0.4, -0.2) is 214 Å². The molecule has 9 N–H and O–H groups in total. The van der Waals surface area contributed by atoms with Crippen LogP contribution in [0.1, 0.15) is 101 Å². The summed E-state index contributed by atoms with van der Waals surface area (Å²) in [5.74, 6) is -1.65. The van der Waals surface area contributed by atoms with Crippen LogP contribution in [0.4, 0.5) is 0 Å². The zero-order valence-electron chi connectivity index (χ0n) is 46.5. The second-order valence-corrected chi connectivity index (χ2v) is 25.1. The monoisotopic (exact) mass is 1110 g/mol. The van der Waals surface area contributed by atoms with Gasteiger partial charge in [0.1, 0.15) is 78.8 Å². The van der Waals surface area contributed by atoms with Gasteiger partial charge >= 0.3 is 11.9 Å². The Balaban J connectivity index is 0.888. The Labute approximate surface area is 455 Å². The fourth-order valence-corrected chi connectivity index (χ4v) is 15.9. The van der Waals surface area contributed by atoms with E-state index in [9.17, 15) is 55.5 Å². The summed E-state index contributed by atoms with van der Waals surface area (Å²) < 4.78 is 66.4. The highest BCUT2D eigenvalue weighted by molar-refractivity contribution is 5.84. The summed E-state index contributed by atoms with van der Waals surface area (Å²) in [5.41, 5.74) is -0.965. The van der Waals surface area contributed by atoms with Crippen molar-refractivity contribution in [1.29, 1.82) is 0 Å². The summed E-state index contributed by atoms with van der Waals surface area (Å²) in [7, 11) is 1.23. The predicted molar refractivity (Wildman–Crippen MR) is 270 cm³/mol. The summed E-state index contributed by atoms with van der Waals surface area (Å²) in [5, 5.41) is 98.6. The highest BCUT2D eigenvalue weighted by Crippen LogP contribution is 2.76. The normalized spacial score (nSPS) is 50.9. The van der Waals surface area contributed by atoms with E-state index in [4.69, 9.17) is 52.1 Å². The van der Waals surface area contributed by atoms with Crippen LogP contribution < -0.4 is 0 Å². The third-order valence-corrected chi connectivity index (χ3v) is 19.9. The van der Waals surface area contributed by atoms with Gasteiger partial charge in [-0.3, -0.25) is 9.59 Å². The lowest BCUT2D eigenvalue weighted by molar-refractivity contribution is -0.382. The number of fused-ring (bicyclic) bond motifs is 4. The molecule has 78 heavy (non-hydrogen) atoms. The van der Waals surface area contributed by atoms with Crippen molar-refractivity contribution in [2.24, 2.45) is 45.3 Å². The zero-order chi connectivity index (χ0) is 56.8. The molecule has 22 heteroatoms. The topological polar surface area (TPSA) is 318 Å². The highest BCUT2D eigenvalue weighted by atomic mass is 16.8. The lowest BCUT2D eigenvalue weighted by atomic mass is 9.41. The Morgan fingerprint density at radius 1 is 0.744 bits per heavy atom. The van der Waals surface area contributed by atoms with Crippen molar-refractivity contribution in [3.8, 4) is 0 Å². The molecule has 0 aromatic carbocycles. The molecule has 27 atom stereocenters. The number of carbonyl (C=O) groups is 2. The molecular formula is C56H86O22. The third kappa shape index (κ3) is 9.99. The van der Waals surface area contributed by atoms with Crippen LogP contribution in [0.2, 0.25) is 0 Å². The standard InChI is InChI=1S/C56H86O22/c1-25(2)12-11-17-55(9)46-32(72-27(4)59)20-54(8)30-13-14-34-52(5,6)35(16-18-53(34,7)29(30)15-19-56(46,54)51(67)78-55)74-50-45(36(61)28(21-57)23-69-50)77-48-39(64)38(63)42(26(3)71-48)75-47-40(65)43(31(60)24-70-47)76-49-41(66)44(68-10)37(62)33(22-58)73-49/h11-13,17,26,28-29,31-50,57-58,60-66H,14-16,18-24H2,1-10H3/b17-11+/t26-,28-,29-,31-,32+,33-,34+,35+,36+,37-,38-,39-,40-,41-,42-,43+,44+,45-,46-,47+,48+,49+,50+,53-,54+,55+,56-/m1/s1. The van der Waals surface area contributed by atoms with E-state index in [1.165, 1.54) is 26.5 Å². The number of esters is 2. The van der Waals surface area contributed by atoms with Gasteiger partial charge in [-0.1, -0.05) is 57.1 Å². The van der Waals surface area contributed by atoms with E-state index in [2.05, 4.69) is 33.8 Å². The first-order valence-corrected chi connectivity index (χ1v) is 27.8. The zero-order valence-corrected chi connectivity index (χ0v) is 46.5. The Morgan fingerprint density at radius 2 is 1.41 bits per heavy atom. The number of allylic oxidation sites excluding steroid dienone is 5. The van der Waals surface area contributed by atoms with Crippen LogP contribution in [0.3, 0.4) is 0 Å². The van der Waals surface area contributed by atoms with Gasteiger partial charge in [0.05, 0.1) is 56.1 Å². The Bertz CT molecular complexity index is 2260. The van der Waals surface area contributed by atoms with Crippen molar-refractivity contribution in [2.45, 2.75) is 223 Å². The molecule has 1 spiro atoms. The first-order valence-electron chi connectivity index (χ1n) is 27.8. The summed E-state index contributed by atoms with van der Waals surface area (Å²) in [4.78, 5) is 27.3. The van der Waals surface area contributed by atoms with Crippen molar-refractivity contribution in [2.75, 3.05) is 33.5 Å². The Hall–Kier alpha value is -2.56. The molecule has 5 saturated heterocycles. The van der Waals surface area contributed by atoms with Gasteiger partial charge in [-0.2, -0.15) is 0 Å². The van der Waals surface area contributed by atoms with Crippen LogP contribution in [0.15, 0.2) is 35.5 Å². The highest BCUT2D eigenvalue weighted by Gasteiger charge is 2.79. The molecule has 5 aliphatic heterocycles. The van der Waals surface area contributed by atoms with Gasteiger partial charge in [-0.05, 0) is 95.0 Å². The van der Waals surface area contributed by atoms with Gasteiger partial charge in [0.2, 0.25) is 0 Å². The molecule has 5 heterocycles. The summed E-state index contributed by atoms with van der Waals surface area (Å²) in [6.45, 7) is 16.1. The lowest BCUT2D eigenvalue weighted by Crippen LogP contribution is -2.65. The fourth-order valence-electron chi connectivity index (χ4n) is 15.9. The molecule has 0 aromatic heterocycles.